The highest BCUT2D eigenvalue weighted by Crippen LogP contribution is 2.18. The van der Waals surface area contributed by atoms with Gasteiger partial charge in [-0.3, -0.25) is 9.59 Å². The topological polar surface area (TPSA) is 87.1 Å². The minimum absolute atomic E-state index is 0.228. The van der Waals surface area contributed by atoms with Crippen LogP contribution >= 0.6 is 0 Å². The minimum Gasteiger partial charge on any atom is -0.459 e. The van der Waals surface area contributed by atoms with Gasteiger partial charge < -0.3 is 20.0 Å². The van der Waals surface area contributed by atoms with E-state index in [9.17, 15) is 14.0 Å². The summed E-state index contributed by atoms with van der Waals surface area (Å²) in [6.45, 7) is 0.295. The number of amides is 2. The molecule has 0 saturated heterocycles. The molecule has 2 amide bonds. The minimum atomic E-state index is -0.375. The first-order chi connectivity index (χ1) is 13.6. The molecule has 140 valence electrons. The number of aromatic nitrogens is 1. The quantitative estimate of drug-likeness (QED) is 0.490. The Morgan fingerprint density at radius 3 is 2.54 bits per heavy atom. The number of furan rings is 1. The van der Waals surface area contributed by atoms with Crippen LogP contribution < -0.4 is 10.6 Å². The molecule has 0 aliphatic heterocycles. The number of nitrogens with one attached hydrogen (secondary N) is 3. The molecule has 2 aromatic carbocycles. The van der Waals surface area contributed by atoms with E-state index in [1.165, 1.54) is 18.4 Å². The second-order valence-electron chi connectivity index (χ2n) is 6.20. The van der Waals surface area contributed by atoms with Crippen molar-refractivity contribution in [1.82, 2.24) is 10.3 Å². The van der Waals surface area contributed by atoms with Crippen LogP contribution in [0.15, 0.2) is 71.3 Å². The maximum atomic E-state index is 13.7. The zero-order valence-corrected chi connectivity index (χ0v) is 14.7. The van der Waals surface area contributed by atoms with E-state index in [4.69, 9.17) is 4.42 Å². The predicted molar refractivity (Wildman–Crippen MR) is 103 cm³/mol. The third-order valence-corrected chi connectivity index (χ3v) is 4.27. The summed E-state index contributed by atoms with van der Waals surface area (Å²) in [5.41, 5.74) is 2.33. The van der Waals surface area contributed by atoms with Crippen LogP contribution in [-0.4, -0.2) is 16.8 Å². The number of fused-ring (bicyclic) bond motifs is 1. The number of hydrogen-bond donors (Lipinski definition) is 3. The number of carbonyl (C=O) groups is 2. The number of H-pyrrole nitrogens is 1. The van der Waals surface area contributed by atoms with Crippen LogP contribution in [-0.2, 0) is 6.54 Å². The molecule has 0 atom stereocenters. The van der Waals surface area contributed by atoms with Gasteiger partial charge in [0.05, 0.1) is 6.26 Å². The van der Waals surface area contributed by atoms with Crippen LogP contribution in [0.25, 0.3) is 10.9 Å². The Labute approximate surface area is 159 Å². The SMILES string of the molecule is O=C(NCc1ccc(NC(=O)c2ccco2)cc1)c1cc2c(F)cccc2[nH]1. The Morgan fingerprint density at radius 1 is 1.00 bits per heavy atom. The van der Waals surface area contributed by atoms with Gasteiger partial charge in [-0.15, -0.1) is 0 Å². The first-order valence-electron chi connectivity index (χ1n) is 8.59. The normalized spacial score (nSPS) is 10.8. The molecule has 0 bridgehead atoms. The van der Waals surface area contributed by atoms with Crippen LogP contribution in [0.4, 0.5) is 10.1 Å². The molecular weight excluding hydrogens is 361 g/mol. The lowest BCUT2D eigenvalue weighted by Gasteiger charge is -2.06. The van der Waals surface area contributed by atoms with E-state index in [0.29, 0.717) is 28.8 Å². The maximum Gasteiger partial charge on any atom is 0.291 e. The number of anilines is 1. The average molecular weight is 377 g/mol. The third kappa shape index (κ3) is 3.64. The number of benzene rings is 2. The Morgan fingerprint density at radius 2 is 1.82 bits per heavy atom. The lowest BCUT2D eigenvalue weighted by atomic mass is 10.2. The van der Waals surface area contributed by atoms with Crippen LogP contribution in [0.1, 0.15) is 26.6 Å². The summed E-state index contributed by atoms with van der Waals surface area (Å²) in [6.07, 6.45) is 1.43. The summed E-state index contributed by atoms with van der Waals surface area (Å²) < 4.78 is 18.8. The van der Waals surface area contributed by atoms with Crippen LogP contribution in [0, 0.1) is 5.82 Å². The maximum absolute atomic E-state index is 13.7. The van der Waals surface area contributed by atoms with Gasteiger partial charge in [0.1, 0.15) is 11.5 Å². The Balaban J connectivity index is 1.37. The van der Waals surface area contributed by atoms with Gasteiger partial charge in [-0.25, -0.2) is 4.39 Å². The fourth-order valence-corrected chi connectivity index (χ4v) is 2.82. The van der Waals surface area contributed by atoms with Gasteiger partial charge in [0.25, 0.3) is 11.8 Å². The van der Waals surface area contributed by atoms with Crippen molar-refractivity contribution >= 4 is 28.4 Å². The molecule has 7 heteroatoms. The number of halogens is 1. The monoisotopic (exact) mass is 377 g/mol. The fourth-order valence-electron chi connectivity index (χ4n) is 2.82. The van der Waals surface area contributed by atoms with Gasteiger partial charge in [-0.05, 0) is 48.0 Å². The van der Waals surface area contributed by atoms with E-state index < -0.39 is 0 Å². The summed E-state index contributed by atoms with van der Waals surface area (Å²) in [5.74, 6) is -0.811. The smallest absolute Gasteiger partial charge is 0.291 e. The van der Waals surface area contributed by atoms with E-state index in [2.05, 4.69) is 15.6 Å². The van der Waals surface area contributed by atoms with Gasteiger partial charge in [0.2, 0.25) is 0 Å². The highest BCUT2D eigenvalue weighted by atomic mass is 19.1. The molecular formula is C21H16FN3O3. The van der Waals surface area contributed by atoms with Gasteiger partial charge in [-0.1, -0.05) is 18.2 Å². The molecule has 4 aromatic rings. The summed E-state index contributed by atoms with van der Waals surface area (Å²) in [7, 11) is 0. The summed E-state index contributed by atoms with van der Waals surface area (Å²) in [5, 5.41) is 5.88. The lowest BCUT2D eigenvalue weighted by molar-refractivity contribution is 0.0945. The number of aromatic amines is 1. The van der Waals surface area contributed by atoms with Crippen LogP contribution in [0.2, 0.25) is 0 Å². The molecule has 4 rings (SSSR count). The predicted octanol–water partition coefficient (Wildman–Crippen LogP) is 4.08. The first-order valence-corrected chi connectivity index (χ1v) is 8.59. The standard InChI is InChI=1S/C21H16FN3O3/c22-16-3-1-4-17-15(16)11-18(25-17)20(26)23-12-13-6-8-14(9-7-13)24-21(27)19-5-2-10-28-19/h1-11,25H,12H2,(H,23,26)(H,24,27). The van der Waals surface area contributed by atoms with Gasteiger partial charge in [0, 0.05) is 23.1 Å². The molecule has 2 aromatic heterocycles. The van der Waals surface area contributed by atoms with Crippen molar-refractivity contribution in [3.63, 3.8) is 0 Å². The molecule has 0 aliphatic carbocycles. The van der Waals surface area contributed by atoms with Crippen molar-refractivity contribution < 1.29 is 18.4 Å². The molecule has 0 radical (unpaired) electrons. The zero-order valence-electron chi connectivity index (χ0n) is 14.7. The second kappa shape index (κ2) is 7.40. The highest BCUT2D eigenvalue weighted by molar-refractivity contribution is 6.02. The molecule has 3 N–H and O–H groups in total. The van der Waals surface area contributed by atoms with Gasteiger partial charge in [-0.2, -0.15) is 0 Å². The zero-order chi connectivity index (χ0) is 19.5. The molecule has 0 unspecified atom stereocenters. The molecule has 0 fully saturated rings. The lowest BCUT2D eigenvalue weighted by Crippen LogP contribution is -2.23. The molecule has 2 heterocycles. The Kier molecular flexibility index (Phi) is 4.63. The number of carbonyl (C=O) groups excluding carboxylic acids is 2. The highest BCUT2D eigenvalue weighted by Gasteiger charge is 2.12. The fraction of sp³-hybridized carbons (Fsp3) is 0.0476. The van der Waals surface area contributed by atoms with E-state index >= 15 is 0 Å². The van der Waals surface area contributed by atoms with Crippen molar-refractivity contribution in [1.29, 1.82) is 0 Å². The average Bonchev–Trinajstić information content (AvgIpc) is 3.38. The van der Waals surface area contributed by atoms with Crippen molar-refractivity contribution in [2.75, 3.05) is 5.32 Å². The third-order valence-electron chi connectivity index (χ3n) is 4.27. The van der Waals surface area contributed by atoms with E-state index in [1.807, 2.05) is 0 Å². The summed E-state index contributed by atoms with van der Waals surface area (Å²) in [4.78, 5) is 27.2. The summed E-state index contributed by atoms with van der Waals surface area (Å²) in [6, 6.07) is 16.4. The Bertz CT molecular complexity index is 1130. The van der Waals surface area contributed by atoms with E-state index in [1.54, 1.807) is 48.5 Å². The van der Waals surface area contributed by atoms with Crippen molar-refractivity contribution in [3.8, 4) is 0 Å². The molecule has 28 heavy (non-hydrogen) atoms. The number of hydrogen-bond acceptors (Lipinski definition) is 3. The van der Waals surface area contributed by atoms with E-state index in [0.717, 1.165) is 5.56 Å². The molecule has 0 aliphatic rings. The van der Waals surface area contributed by atoms with E-state index in [-0.39, 0.29) is 23.4 Å². The molecule has 0 spiro atoms. The van der Waals surface area contributed by atoms with Gasteiger partial charge >= 0.3 is 0 Å². The van der Waals surface area contributed by atoms with Crippen molar-refractivity contribution in [2.24, 2.45) is 0 Å². The van der Waals surface area contributed by atoms with Crippen molar-refractivity contribution in [2.45, 2.75) is 6.54 Å². The molecule has 6 nitrogen and oxygen atoms in total. The largest absolute Gasteiger partial charge is 0.459 e. The number of rotatable bonds is 5. The van der Waals surface area contributed by atoms with Crippen molar-refractivity contribution in [3.05, 3.63) is 89.8 Å². The van der Waals surface area contributed by atoms with Crippen LogP contribution in [0.3, 0.4) is 0 Å². The van der Waals surface area contributed by atoms with Crippen LogP contribution in [0.5, 0.6) is 0 Å². The molecule has 0 saturated carbocycles. The Hall–Kier alpha value is -3.87. The second-order valence-corrected chi connectivity index (χ2v) is 6.20. The van der Waals surface area contributed by atoms with Gasteiger partial charge in [0.15, 0.2) is 5.76 Å². The first kappa shape index (κ1) is 17.5. The summed E-state index contributed by atoms with van der Waals surface area (Å²) >= 11 is 0.